The molecule has 0 aliphatic heterocycles. The van der Waals surface area contributed by atoms with E-state index in [4.69, 9.17) is 4.74 Å². The van der Waals surface area contributed by atoms with Crippen LogP contribution in [-0.4, -0.2) is 31.5 Å². The Kier molecular flexibility index (Phi) is 6.26. The van der Waals surface area contributed by atoms with Crippen molar-refractivity contribution in [1.29, 1.82) is 0 Å². The van der Waals surface area contributed by atoms with Gasteiger partial charge in [0.25, 0.3) is 0 Å². The molecule has 5 heteroatoms. The molecular weight excluding hydrogens is 355 g/mol. The average molecular weight is 380 g/mol. The van der Waals surface area contributed by atoms with Crippen LogP contribution in [-0.2, 0) is 11.3 Å². The molecule has 3 rings (SSSR count). The summed E-state index contributed by atoms with van der Waals surface area (Å²) >= 11 is 0. The molecule has 1 N–H and O–H groups in total. The molecule has 0 spiro atoms. The Hall–Kier alpha value is -2.92. The predicted octanol–water partition coefficient (Wildman–Crippen LogP) is 4.30. The first-order valence-electron chi connectivity index (χ1n) is 9.24. The maximum Gasteiger partial charge on any atom is 0.234 e. The van der Waals surface area contributed by atoms with Gasteiger partial charge < -0.3 is 10.1 Å². The smallest absolute Gasteiger partial charge is 0.234 e. The summed E-state index contributed by atoms with van der Waals surface area (Å²) in [6.07, 6.45) is 0. The summed E-state index contributed by atoms with van der Waals surface area (Å²) in [5.74, 6) is 0.491. The molecule has 0 saturated carbocycles. The fourth-order valence-electron chi connectivity index (χ4n) is 3.23. The number of benzene rings is 3. The number of rotatable bonds is 7. The first-order valence-corrected chi connectivity index (χ1v) is 9.24. The van der Waals surface area contributed by atoms with Crippen molar-refractivity contribution in [3.8, 4) is 5.75 Å². The van der Waals surface area contributed by atoms with E-state index in [9.17, 15) is 9.18 Å². The Morgan fingerprint density at radius 1 is 1.07 bits per heavy atom. The molecule has 1 amide bonds. The topological polar surface area (TPSA) is 41.6 Å². The Bertz CT molecular complexity index is 956. The van der Waals surface area contributed by atoms with Gasteiger partial charge in [-0.1, -0.05) is 30.3 Å². The molecule has 0 aliphatic carbocycles. The molecule has 4 nitrogen and oxygen atoms in total. The van der Waals surface area contributed by atoms with Crippen molar-refractivity contribution in [3.05, 3.63) is 77.6 Å². The lowest BCUT2D eigenvalue weighted by molar-refractivity contribution is -0.122. The zero-order valence-electron chi connectivity index (χ0n) is 16.4. The summed E-state index contributed by atoms with van der Waals surface area (Å²) < 4.78 is 18.3. The van der Waals surface area contributed by atoms with Gasteiger partial charge in [-0.15, -0.1) is 0 Å². The van der Waals surface area contributed by atoms with Gasteiger partial charge in [0.2, 0.25) is 5.91 Å². The standard InChI is InChI=1S/C23H25FN2O2/c1-16(18-6-9-21(24)10-7-18)25-23(27)15-26(2)14-17-4-5-20-13-22(28-3)11-8-19(20)12-17/h4-13,16H,14-15H2,1-3H3,(H,25,27). The molecule has 0 aliphatic rings. The normalized spacial score (nSPS) is 12.2. The third-order valence-electron chi connectivity index (χ3n) is 4.73. The fourth-order valence-corrected chi connectivity index (χ4v) is 3.23. The summed E-state index contributed by atoms with van der Waals surface area (Å²) in [6, 6.07) is 18.3. The van der Waals surface area contributed by atoms with Crippen molar-refractivity contribution in [2.75, 3.05) is 20.7 Å². The predicted molar refractivity (Wildman–Crippen MR) is 110 cm³/mol. The first-order chi connectivity index (χ1) is 13.4. The molecule has 1 atom stereocenters. The largest absolute Gasteiger partial charge is 0.497 e. The molecule has 3 aromatic rings. The number of ether oxygens (including phenoxy) is 1. The minimum Gasteiger partial charge on any atom is -0.497 e. The van der Waals surface area contributed by atoms with E-state index in [0.29, 0.717) is 6.54 Å². The molecule has 0 fully saturated rings. The second-order valence-corrected chi connectivity index (χ2v) is 7.06. The van der Waals surface area contributed by atoms with Gasteiger partial charge in [-0.2, -0.15) is 0 Å². The van der Waals surface area contributed by atoms with Crippen molar-refractivity contribution in [2.24, 2.45) is 0 Å². The summed E-state index contributed by atoms with van der Waals surface area (Å²) in [4.78, 5) is 14.3. The van der Waals surface area contributed by atoms with Crippen LogP contribution in [0.15, 0.2) is 60.7 Å². The van der Waals surface area contributed by atoms with Crippen LogP contribution in [0.3, 0.4) is 0 Å². The van der Waals surface area contributed by atoms with Crippen LogP contribution in [0.25, 0.3) is 10.8 Å². The van der Waals surface area contributed by atoms with Crippen molar-refractivity contribution >= 4 is 16.7 Å². The van der Waals surface area contributed by atoms with E-state index >= 15 is 0 Å². The van der Waals surface area contributed by atoms with Crippen molar-refractivity contribution in [3.63, 3.8) is 0 Å². The van der Waals surface area contributed by atoms with Gasteiger partial charge in [-0.05, 0) is 66.2 Å². The number of nitrogens with one attached hydrogen (secondary N) is 1. The van der Waals surface area contributed by atoms with E-state index < -0.39 is 0 Å². The van der Waals surface area contributed by atoms with Gasteiger partial charge >= 0.3 is 0 Å². The van der Waals surface area contributed by atoms with E-state index in [1.54, 1.807) is 19.2 Å². The molecule has 0 saturated heterocycles. The Morgan fingerprint density at radius 2 is 1.75 bits per heavy atom. The van der Waals surface area contributed by atoms with Gasteiger partial charge in [-0.25, -0.2) is 4.39 Å². The van der Waals surface area contributed by atoms with Crippen molar-refractivity contribution in [2.45, 2.75) is 19.5 Å². The van der Waals surface area contributed by atoms with E-state index in [1.807, 2.05) is 37.1 Å². The molecule has 28 heavy (non-hydrogen) atoms. The molecule has 3 aromatic carbocycles. The van der Waals surface area contributed by atoms with Crippen LogP contribution in [0.1, 0.15) is 24.1 Å². The minimum absolute atomic E-state index is 0.0650. The third-order valence-corrected chi connectivity index (χ3v) is 4.73. The summed E-state index contributed by atoms with van der Waals surface area (Å²) in [5.41, 5.74) is 2.02. The fraction of sp³-hybridized carbons (Fsp3) is 0.261. The van der Waals surface area contributed by atoms with Crippen LogP contribution >= 0.6 is 0 Å². The molecule has 0 radical (unpaired) electrons. The van der Waals surface area contributed by atoms with Crippen molar-refractivity contribution < 1.29 is 13.9 Å². The van der Waals surface area contributed by atoms with E-state index in [0.717, 1.165) is 27.6 Å². The number of hydrogen-bond donors (Lipinski definition) is 1. The highest BCUT2D eigenvalue weighted by atomic mass is 19.1. The van der Waals surface area contributed by atoms with Crippen LogP contribution in [0.4, 0.5) is 4.39 Å². The van der Waals surface area contributed by atoms with Crippen LogP contribution in [0.2, 0.25) is 0 Å². The second kappa shape index (κ2) is 8.85. The highest BCUT2D eigenvalue weighted by Crippen LogP contribution is 2.22. The number of likely N-dealkylation sites (N-methyl/N-ethyl adjacent to an activating group) is 1. The number of methoxy groups -OCH3 is 1. The van der Waals surface area contributed by atoms with Crippen LogP contribution in [0, 0.1) is 5.82 Å². The number of nitrogens with zero attached hydrogens (tertiary/aromatic N) is 1. The average Bonchev–Trinajstić information content (AvgIpc) is 2.67. The lowest BCUT2D eigenvalue weighted by Gasteiger charge is -2.19. The van der Waals surface area contributed by atoms with E-state index in [1.165, 1.54) is 12.1 Å². The van der Waals surface area contributed by atoms with Gasteiger partial charge in [0.1, 0.15) is 11.6 Å². The molecule has 1 unspecified atom stereocenters. The number of carbonyl (C=O) groups excluding carboxylic acids is 1. The number of halogens is 1. The quantitative estimate of drug-likeness (QED) is 0.665. The summed E-state index contributed by atoms with van der Waals surface area (Å²) in [5, 5.41) is 5.22. The maximum absolute atomic E-state index is 13.0. The Morgan fingerprint density at radius 3 is 2.46 bits per heavy atom. The van der Waals surface area contributed by atoms with E-state index in [2.05, 4.69) is 23.5 Å². The van der Waals surface area contributed by atoms with Crippen molar-refractivity contribution in [1.82, 2.24) is 10.2 Å². The maximum atomic E-state index is 13.0. The van der Waals surface area contributed by atoms with Gasteiger partial charge in [-0.3, -0.25) is 9.69 Å². The molecule has 0 bridgehead atoms. The molecule has 146 valence electrons. The molecular formula is C23H25FN2O2. The Labute approximate surface area is 164 Å². The van der Waals surface area contributed by atoms with Gasteiger partial charge in [0, 0.05) is 6.54 Å². The number of fused-ring (bicyclic) bond motifs is 1. The number of carbonyl (C=O) groups is 1. The van der Waals surface area contributed by atoms with Gasteiger partial charge in [0.15, 0.2) is 0 Å². The zero-order chi connectivity index (χ0) is 20.1. The number of hydrogen-bond acceptors (Lipinski definition) is 3. The Balaban J connectivity index is 1.57. The van der Waals surface area contributed by atoms with Crippen LogP contribution < -0.4 is 10.1 Å². The van der Waals surface area contributed by atoms with Gasteiger partial charge in [0.05, 0.1) is 19.7 Å². The highest BCUT2D eigenvalue weighted by molar-refractivity contribution is 5.84. The summed E-state index contributed by atoms with van der Waals surface area (Å²) in [7, 11) is 3.58. The minimum atomic E-state index is -0.282. The first kappa shape index (κ1) is 19.8. The van der Waals surface area contributed by atoms with Crippen LogP contribution in [0.5, 0.6) is 5.75 Å². The lowest BCUT2D eigenvalue weighted by atomic mass is 10.1. The highest BCUT2D eigenvalue weighted by Gasteiger charge is 2.12. The monoisotopic (exact) mass is 380 g/mol. The van der Waals surface area contributed by atoms with E-state index in [-0.39, 0.29) is 24.3 Å². The zero-order valence-corrected chi connectivity index (χ0v) is 16.4. The second-order valence-electron chi connectivity index (χ2n) is 7.06. The summed E-state index contributed by atoms with van der Waals surface area (Å²) in [6.45, 7) is 2.84. The third kappa shape index (κ3) is 5.08. The number of amides is 1. The lowest BCUT2D eigenvalue weighted by Crippen LogP contribution is -2.36. The molecule has 0 aromatic heterocycles. The SMILES string of the molecule is COc1ccc2cc(CN(C)CC(=O)NC(C)c3ccc(F)cc3)ccc2c1. The molecule has 0 heterocycles.